The summed E-state index contributed by atoms with van der Waals surface area (Å²) in [4.78, 5) is 10.4. The monoisotopic (exact) mass is 242 g/mol. The molecule has 0 fully saturated rings. The van der Waals surface area contributed by atoms with Crippen LogP contribution in [0.15, 0.2) is 12.5 Å². The van der Waals surface area contributed by atoms with Gasteiger partial charge in [-0.25, -0.2) is 0 Å². The summed E-state index contributed by atoms with van der Waals surface area (Å²) in [6, 6.07) is 0. The van der Waals surface area contributed by atoms with E-state index in [0.717, 1.165) is 6.42 Å². The van der Waals surface area contributed by atoms with Gasteiger partial charge in [-0.2, -0.15) is 0 Å². The molecule has 0 aromatic carbocycles. The lowest BCUT2D eigenvalue weighted by Gasteiger charge is -2.01. The third kappa shape index (κ3) is 15.0. The smallest absolute Gasteiger partial charge is 0.307 e. The van der Waals surface area contributed by atoms with Gasteiger partial charge in [-0.3, -0.25) is 4.79 Å². The molecule has 0 aliphatic rings. The van der Waals surface area contributed by atoms with Gasteiger partial charge < -0.3 is 9.47 Å². The van der Waals surface area contributed by atoms with Crippen molar-refractivity contribution in [3.8, 4) is 0 Å². The molecule has 0 N–H and O–H groups in total. The fourth-order valence-corrected chi connectivity index (χ4v) is 1.55. The predicted octanol–water partition coefficient (Wildman–Crippen LogP) is 4.18. The van der Waals surface area contributed by atoms with E-state index in [1.165, 1.54) is 64.4 Å². The molecule has 0 aliphatic carbocycles. The minimum atomic E-state index is -0.322. The first-order valence-corrected chi connectivity index (χ1v) is 6.71. The Balaban J connectivity index is 3.03. The zero-order valence-electron chi connectivity index (χ0n) is 11.2. The van der Waals surface area contributed by atoms with E-state index in [-0.39, 0.29) is 5.97 Å². The Kier molecular flexibility index (Phi) is 12.3. The first kappa shape index (κ1) is 16.0. The Hall–Kier alpha value is -0.990. The summed E-state index contributed by atoms with van der Waals surface area (Å²) in [7, 11) is 0. The molecular weight excluding hydrogens is 216 g/mol. The first-order valence-electron chi connectivity index (χ1n) is 6.71. The van der Waals surface area contributed by atoms with Crippen LogP contribution >= 0.6 is 0 Å². The minimum Gasteiger partial charge on any atom is -0.498 e. The molecule has 0 saturated carbocycles. The standard InChI is InChI=1S/C14H26O3/c1-3-4-5-6-7-8-9-10-11-16-12-13-17-14(2)15/h12-13H,3-11H2,1-2H3. The first-order chi connectivity index (χ1) is 8.27. The van der Waals surface area contributed by atoms with Crippen molar-refractivity contribution in [3.05, 3.63) is 12.5 Å². The molecule has 0 aliphatic heterocycles. The van der Waals surface area contributed by atoms with Gasteiger partial charge in [0.2, 0.25) is 0 Å². The lowest BCUT2D eigenvalue weighted by molar-refractivity contribution is -0.135. The second kappa shape index (κ2) is 13.1. The SMILES string of the molecule is CCCCCCCCCCOC=COC(C)=O. The van der Waals surface area contributed by atoms with Gasteiger partial charge in [0, 0.05) is 6.92 Å². The molecule has 0 radical (unpaired) electrons. The van der Waals surface area contributed by atoms with E-state index in [1.54, 1.807) is 0 Å². The number of rotatable bonds is 11. The second-order valence-corrected chi connectivity index (χ2v) is 4.23. The lowest BCUT2D eigenvalue weighted by atomic mass is 10.1. The second-order valence-electron chi connectivity index (χ2n) is 4.23. The Morgan fingerprint density at radius 3 is 2.12 bits per heavy atom. The summed E-state index contributed by atoms with van der Waals surface area (Å²) in [5, 5.41) is 0. The molecular formula is C14H26O3. The zero-order valence-corrected chi connectivity index (χ0v) is 11.2. The van der Waals surface area contributed by atoms with E-state index in [2.05, 4.69) is 11.7 Å². The van der Waals surface area contributed by atoms with Crippen LogP contribution in [-0.4, -0.2) is 12.6 Å². The molecule has 0 rings (SSSR count). The Bertz CT molecular complexity index is 200. The lowest BCUT2D eigenvalue weighted by Crippen LogP contribution is -1.92. The normalized spacial score (nSPS) is 10.7. The van der Waals surface area contributed by atoms with E-state index >= 15 is 0 Å². The summed E-state index contributed by atoms with van der Waals surface area (Å²) in [6.07, 6.45) is 13.0. The Morgan fingerprint density at radius 1 is 0.941 bits per heavy atom. The van der Waals surface area contributed by atoms with Crippen molar-refractivity contribution in [2.75, 3.05) is 6.61 Å². The van der Waals surface area contributed by atoms with Crippen molar-refractivity contribution < 1.29 is 14.3 Å². The largest absolute Gasteiger partial charge is 0.498 e. The minimum absolute atomic E-state index is 0.322. The van der Waals surface area contributed by atoms with Gasteiger partial charge in [-0.15, -0.1) is 0 Å². The number of hydrogen-bond donors (Lipinski definition) is 0. The van der Waals surface area contributed by atoms with E-state index < -0.39 is 0 Å². The molecule has 0 bridgehead atoms. The van der Waals surface area contributed by atoms with Gasteiger partial charge in [0.05, 0.1) is 6.61 Å². The maximum absolute atomic E-state index is 10.4. The highest BCUT2D eigenvalue weighted by Gasteiger charge is 1.91. The molecule has 0 heterocycles. The van der Waals surface area contributed by atoms with Gasteiger partial charge in [-0.05, 0) is 6.42 Å². The Labute approximate surface area is 105 Å². The molecule has 0 aromatic rings. The molecule has 0 spiro atoms. The molecule has 0 atom stereocenters. The van der Waals surface area contributed by atoms with Crippen LogP contribution in [0.1, 0.15) is 65.2 Å². The summed E-state index contributed by atoms with van der Waals surface area (Å²) in [5.41, 5.74) is 0. The number of hydrogen-bond acceptors (Lipinski definition) is 3. The summed E-state index contributed by atoms with van der Waals surface area (Å²) in [6.45, 7) is 4.30. The Morgan fingerprint density at radius 2 is 1.53 bits per heavy atom. The van der Waals surface area contributed by atoms with Gasteiger partial charge in [0.25, 0.3) is 0 Å². The third-order valence-electron chi connectivity index (χ3n) is 2.50. The van der Waals surface area contributed by atoms with Crippen molar-refractivity contribution in [1.29, 1.82) is 0 Å². The molecule has 0 unspecified atom stereocenters. The van der Waals surface area contributed by atoms with Gasteiger partial charge >= 0.3 is 5.97 Å². The van der Waals surface area contributed by atoms with E-state index in [9.17, 15) is 4.79 Å². The van der Waals surface area contributed by atoms with Crippen LogP contribution in [0.3, 0.4) is 0 Å². The highest BCUT2D eigenvalue weighted by atomic mass is 16.5. The fourth-order valence-electron chi connectivity index (χ4n) is 1.55. The topological polar surface area (TPSA) is 35.5 Å². The predicted molar refractivity (Wildman–Crippen MR) is 69.5 cm³/mol. The highest BCUT2D eigenvalue weighted by Crippen LogP contribution is 2.08. The maximum atomic E-state index is 10.4. The van der Waals surface area contributed by atoms with Crippen LogP contribution in [0, 0.1) is 0 Å². The van der Waals surface area contributed by atoms with Crippen molar-refractivity contribution in [2.45, 2.75) is 65.2 Å². The number of ether oxygens (including phenoxy) is 2. The van der Waals surface area contributed by atoms with Crippen molar-refractivity contribution >= 4 is 5.97 Å². The fraction of sp³-hybridized carbons (Fsp3) is 0.786. The summed E-state index contributed by atoms with van der Waals surface area (Å²) < 4.78 is 9.75. The number of carbonyl (C=O) groups is 1. The van der Waals surface area contributed by atoms with Crippen molar-refractivity contribution in [3.63, 3.8) is 0 Å². The summed E-state index contributed by atoms with van der Waals surface area (Å²) >= 11 is 0. The number of unbranched alkanes of at least 4 members (excludes halogenated alkanes) is 7. The van der Waals surface area contributed by atoms with Gasteiger partial charge in [0.15, 0.2) is 0 Å². The molecule has 0 aromatic heterocycles. The molecule has 0 saturated heterocycles. The van der Waals surface area contributed by atoms with Crippen molar-refractivity contribution in [1.82, 2.24) is 0 Å². The van der Waals surface area contributed by atoms with Crippen LogP contribution in [0.25, 0.3) is 0 Å². The van der Waals surface area contributed by atoms with Crippen LogP contribution in [-0.2, 0) is 14.3 Å². The van der Waals surface area contributed by atoms with E-state index in [0.29, 0.717) is 6.61 Å². The van der Waals surface area contributed by atoms with Crippen molar-refractivity contribution in [2.24, 2.45) is 0 Å². The van der Waals surface area contributed by atoms with E-state index in [1.807, 2.05) is 0 Å². The number of esters is 1. The summed E-state index contributed by atoms with van der Waals surface area (Å²) in [5.74, 6) is -0.322. The molecule has 100 valence electrons. The third-order valence-corrected chi connectivity index (χ3v) is 2.50. The number of carbonyl (C=O) groups excluding carboxylic acids is 1. The van der Waals surface area contributed by atoms with E-state index in [4.69, 9.17) is 4.74 Å². The van der Waals surface area contributed by atoms with Gasteiger partial charge in [0.1, 0.15) is 12.5 Å². The molecule has 3 heteroatoms. The quantitative estimate of drug-likeness (QED) is 0.310. The average molecular weight is 242 g/mol. The molecule has 17 heavy (non-hydrogen) atoms. The van der Waals surface area contributed by atoms with Crippen LogP contribution < -0.4 is 0 Å². The molecule has 0 amide bonds. The van der Waals surface area contributed by atoms with Crippen LogP contribution in [0.5, 0.6) is 0 Å². The van der Waals surface area contributed by atoms with Gasteiger partial charge in [-0.1, -0.05) is 51.9 Å². The van der Waals surface area contributed by atoms with Crippen LogP contribution in [0.4, 0.5) is 0 Å². The highest BCUT2D eigenvalue weighted by molar-refractivity contribution is 5.66. The molecule has 3 nitrogen and oxygen atoms in total. The maximum Gasteiger partial charge on any atom is 0.307 e. The zero-order chi connectivity index (χ0) is 12.8. The average Bonchev–Trinajstić information content (AvgIpc) is 2.30. The van der Waals surface area contributed by atoms with Crippen LogP contribution in [0.2, 0.25) is 0 Å².